The van der Waals surface area contributed by atoms with Crippen LogP contribution in [0.15, 0.2) is 0 Å². The molecule has 2 aliphatic heterocycles. The quantitative estimate of drug-likeness (QED) is 0.665. The van der Waals surface area contributed by atoms with Crippen molar-refractivity contribution in [1.29, 1.82) is 0 Å². The van der Waals surface area contributed by atoms with Crippen molar-refractivity contribution in [2.24, 2.45) is 17.8 Å². The molecule has 2 rings (SSSR count). The van der Waals surface area contributed by atoms with Crippen molar-refractivity contribution in [2.45, 2.75) is 26.4 Å². The predicted molar refractivity (Wildman–Crippen MR) is 61.9 cm³/mol. The number of aliphatic hydroxyl groups excluding tert-OH is 1. The van der Waals surface area contributed by atoms with E-state index in [0.717, 1.165) is 26.1 Å². The van der Waals surface area contributed by atoms with Gasteiger partial charge >= 0.3 is 0 Å². The second-order valence-electron chi connectivity index (χ2n) is 5.36. The number of β-amino-alcohol motifs (C(OH)–C–C–N with tert-alkyl or cyclic N) is 1. The van der Waals surface area contributed by atoms with E-state index in [1.807, 2.05) is 11.8 Å². The number of carbonyl (C=O) groups excluding carboxylic acids is 1. The number of carbonyl (C=O) groups is 1. The first-order valence-corrected chi connectivity index (χ1v) is 6.27. The van der Waals surface area contributed by atoms with E-state index in [4.69, 9.17) is 0 Å². The topological polar surface area (TPSA) is 52.6 Å². The fraction of sp³-hybridized carbons (Fsp3) is 0.917. The van der Waals surface area contributed by atoms with Gasteiger partial charge in [0.05, 0.1) is 12.0 Å². The molecule has 0 aromatic rings. The first-order chi connectivity index (χ1) is 7.59. The number of piperidine rings is 1. The average molecular weight is 226 g/mol. The summed E-state index contributed by atoms with van der Waals surface area (Å²) in [5.74, 6) is 1.08. The lowest BCUT2D eigenvalue weighted by atomic mass is 9.92. The van der Waals surface area contributed by atoms with Gasteiger partial charge in [0, 0.05) is 19.6 Å². The normalized spacial score (nSPS) is 40.1. The van der Waals surface area contributed by atoms with Crippen LogP contribution in [0, 0.1) is 17.8 Å². The van der Waals surface area contributed by atoms with E-state index < -0.39 is 0 Å². The molecule has 2 N–H and O–H groups in total. The van der Waals surface area contributed by atoms with Crippen LogP contribution in [0.4, 0.5) is 0 Å². The van der Waals surface area contributed by atoms with Crippen molar-refractivity contribution in [3.05, 3.63) is 0 Å². The fourth-order valence-electron chi connectivity index (χ4n) is 2.62. The molecular formula is C12H22N2O2. The summed E-state index contributed by atoms with van der Waals surface area (Å²) in [7, 11) is 0. The van der Waals surface area contributed by atoms with Crippen LogP contribution >= 0.6 is 0 Å². The number of hydrogen-bond acceptors (Lipinski definition) is 3. The van der Waals surface area contributed by atoms with Gasteiger partial charge < -0.3 is 15.3 Å². The molecule has 0 spiro atoms. The van der Waals surface area contributed by atoms with Gasteiger partial charge in [-0.15, -0.1) is 0 Å². The molecular weight excluding hydrogens is 204 g/mol. The maximum atomic E-state index is 12.2. The van der Waals surface area contributed by atoms with Crippen molar-refractivity contribution in [2.75, 3.05) is 26.2 Å². The molecule has 2 fully saturated rings. The largest absolute Gasteiger partial charge is 0.391 e. The van der Waals surface area contributed by atoms with Crippen LogP contribution in [0.5, 0.6) is 0 Å². The van der Waals surface area contributed by atoms with Gasteiger partial charge in [-0.1, -0.05) is 13.8 Å². The third-order valence-corrected chi connectivity index (χ3v) is 4.06. The van der Waals surface area contributed by atoms with Crippen molar-refractivity contribution in [1.82, 2.24) is 10.2 Å². The van der Waals surface area contributed by atoms with Gasteiger partial charge in [0.25, 0.3) is 0 Å². The molecule has 0 radical (unpaired) electrons. The van der Waals surface area contributed by atoms with Crippen LogP contribution in [0.2, 0.25) is 0 Å². The number of likely N-dealkylation sites (tertiary alicyclic amines) is 1. The maximum Gasteiger partial charge on any atom is 0.227 e. The van der Waals surface area contributed by atoms with Gasteiger partial charge in [0.15, 0.2) is 0 Å². The summed E-state index contributed by atoms with van der Waals surface area (Å²) >= 11 is 0. The number of amides is 1. The van der Waals surface area contributed by atoms with Crippen molar-refractivity contribution in [3.63, 3.8) is 0 Å². The minimum atomic E-state index is -0.345. The molecule has 16 heavy (non-hydrogen) atoms. The Morgan fingerprint density at radius 1 is 1.31 bits per heavy atom. The summed E-state index contributed by atoms with van der Waals surface area (Å²) in [5.41, 5.74) is 0. The second-order valence-corrected chi connectivity index (χ2v) is 5.36. The van der Waals surface area contributed by atoms with Gasteiger partial charge in [-0.3, -0.25) is 4.79 Å². The van der Waals surface area contributed by atoms with Crippen LogP contribution in [-0.2, 0) is 4.79 Å². The molecule has 2 heterocycles. The van der Waals surface area contributed by atoms with Gasteiger partial charge in [0.2, 0.25) is 5.91 Å². The molecule has 92 valence electrons. The molecule has 2 aliphatic rings. The van der Waals surface area contributed by atoms with E-state index in [1.54, 1.807) is 0 Å². The van der Waals surface area contributed by atoms with Crippen LogP contribution in [0.25, 0.3) is 0 Å². The summed E-state index contributed by atoms with van der Waals surface area (Å²) < 4.78 is 0. The van der Waals surface area contributed by atoms with E-state index in [-0.39, 0.29) is 17.9 Å². The standard InChI is InChI=1S/C12H22N2O2/c1-8-3-4-14(7-11(8)15)12(16)10-6-13-5-9(10)2/h8-11,13,15H,3-7H2,1-2H3. The zero-order valence-electron chi connectivity index (χ0n) is 10.1. The zero-order chi connectivity index (χ0) is 11.7. The molecule has 0 aromatic carbocycles. The smallest absolute Gasteiger partial charge is 0.227 e. The molecule has 4 unspecified atom stereocenters. The highest BCUT2D eigenvalue weighted by Gasteiger charge is 2.35. The number of nitrogens with one attached hydrogen (secondary N) is 1. The highest BCUT2D eigenvalue weighted by Crippen LogP contribution is 2.23. The number of rotatable bonds is 1. The average Bonchev–Trinajstić information content (AvgIpc) is 2.67. The summed E-state index contributed by atoms with van der Waals surface area (Å²) in [5, 5.41) is 13.0. The lowest BCUT2D eigenvalue weighted by Gasteiger charge is -2.36. The molecule has 2 saturated heterocycles. The van der Waals surface area contributed by atoms with E-state index in [9.17, 15) is 9.90 Å². The Bertz CT molecular complexity index is 270. The van der Waals surface area contributed by atoms with Crippen LogP contribution in [0.1, 0.15) is 20.3 Å². The number of aliphatic hydroxyl groups is 1. The molecule has 4 nitrogen and oxygen atoms in total. The SMILES string of the molecule is CC1CCN(C(=O)C2CNCC2C)CC1O. The Hall–Kier alpha value is -0.610. The minimum absolute atomic E-state index is 0.112. The molecule has 1 amide bonds. The van der Waals surface area contributed by atoms with E-state index in [1.165, 1.54) is 0 Å². The first kappa shape index (κ1) is 11.9. The Morgan fingerprint density at radius 3 is 2.62 bits per heavy atom. The van der Waals surface area contributed by atoms with Crippen molar-refractivity contribution >= 4 is 5.91 Å². The highest BCUT2D eigenvalue weighted by molar-refractivity contribution is 5.80. The summed E-state index contributed by atoms with van der Waals surface area (Å²) in [6, 6.07) is 0. The Labute approximate surface area is 97.0 Å². The van der Waals surface area contributed by atoms with E-state index in [2.05, 4.69) is 12.2 Å². The van der Waals surface area contributed by atoms with E-state index in [0.29, 0.717) is 18.4 Å². The Balaban J connectivity index is 1.95. The summed E-state index contributed by atoms with van der Waals surface area (Å²) in [4.78, 5) is 14.1. The number of hydrogen-bond donors (Lipinski definition) is 2. The monoisotopic (exact) mass is 226 g/mol. The first-order valence-electron chi connectivity index (χ1n) is 6.27. The highest BCUT2D eigenvalue weighted by atomic mass is 16.3. The van der Waals surface area contributed by atoms with Gasteiger partial charge in [-0.25, -0.2) is 0 Å². The fourth-order valence-corrected chi connectivity index (χ4v) is 2.62. The zero-order valence-corrected chi connectivity index (χ0v) is 10.1. The summed E-state index contributed by atoms with van der Waals surface area (Å²) in [6.45, 7) is 7.21. The van der Waals surface area contributed by atoms with Crippen molar-refractivity contribution in [3.8, 4) is 0 Å². The maximum absolute atomic E-state index is 12.2. The van der Waals surface area contributed by atoms with Gasteiger partial charge in [0.1, 0.15) is 0 Å². The Kier molecular flexibility index (Phi) is 3.50. The summed E-state index contributed by atoms with van der Waals surface area (Å²) in [6.07, 6.45) is 0.573. The minimum Gasteiger partial charge on any atom is -0.391 e. The van der Waals surface area contributed by atoms with Crippen LogP contribution in [-0.4, -0.2) is 48.2 Å². The third-order valence-electron chi connectivity index (χ3n) is 4.06. The van der Waals surface area contributed by atoms with E-state index >= 15 is 0 Å². The predicted octanol–water partition coefficient (Wildman–Crippen LogP) is 0.0712. The molecule has 0 aromatic heterocycles. The van der Waals surface area contributed by atoms with Crippen LogP contribution in [0.3, 0.4) is 0 Å². The number of nitrogens with zero attached hydrogens (tertiary/aromatic N) is 1. The van der Waals surface area contributed by atoms with Gasteiger partial charge in [-0.2, -0.15) is 0 Å². The second kappa shape index (κ2) is 4.72. The van der Waals surface area contributed by atoms with Crippen molar-refractivity contribution < 1.29 is 9.90 Å². The molecule has 4 heteroatoms. The molecule has 0 saturated carbocycles. The third kappa shape index (κ3) is 2.23. The molecule has 0 aliphatic carbocycles. The lowest BCUT2D eigenvalue weighted by Crippen LogP contribution is -2.48. The Morgan fingerprint density at radius 2 is 2.06 bits per heavy atom. The molecule has 0 bridgehead atoms. The molecule has 4 atom stereocenters. The lowest BCUT2D eigenvalue weighted by molar-refractivity contribution is -0.140. The van der Waals surface area contributed by atoms with Crippen LogP contribution < -0.4 is 5.32 Å². The van der Waals surface area contributed by atoms with Gasteiger partial charge in [-0.05, 0) is 24.8 Å².